The van der Waals surface area contributed by atoms with Gasteiger partial charge in [-0.25, -0.2) is 8.42 Å². The average molecular weight is 642 g/mol. The van der Waals surface area contributed by atoms with E-state index < -0.39 is 28.5 Å². The second kappa shape index (κ2) is 15.3. The number of amides is 2. The van der Waals surface area contributed by atoms with Crippen molar-refractivity contribution >= 4 is 39.1 Å². The molecule has 0 aromatic heterocycles. The number of sulfonamides is 1. The van der Waals surface area contributed by atoms with Crippen LogP contribution in [0.25, 0.3) is 0 Å². The number of halogens is 1. The molecule has 1 atom stereocenters. The lowest BCUT2D eigenvalue weighted by Crippen LogP contribution is -2.54. The summed E-state index contributed by atoms with van der Waals surface area (Å²) in [6, 6.07) is 18.9. The van der Waals surface area contributed by atoms with Crippen LogP contribution in [-0.4, -0.2) is 58.0 Å². The van der Waals surface area contributed by atoms with Crippen molar-refractivity contribution in [1.82, 2.24) is 10.2 Å². The van der Waals surface area contributed by atoms with Crippen molar-refractivity contribution in [3.05, 3.63) is 83.4 Å². The summed E-state index contributed by atoms with van der Waals surface area (Å²) >= 11 is 6.12. The predicted molar refractivity (Wildman–Crippen MR) is 172 cm³/mol. The minimum Gasteiger partial charge on any atom is -0.497 e. The van der Waals surface area contributed by atoms with E-state index in [0.717, 1.165) is 42.0 Å². The number of hydrogen-bond donors (Lipinski definition) is 1. The maximum absolute atomic E-state index is 14.4. The van der Waals surface area contributed by atoms with Crippen LogP contribution in [0.2, 0.25) is 5.02 Å². The summed E-state index contributed by atoms with van der Waals surface area (Å²) < 4.78 is 40.3. The van der Waals surface area contributed by atoms with E-state index in [4.69, 9.17) is 21.1 Å². The van der Waals surface area contributed by atoms with Crippen LogP contribution in [0.15, 0.2) is 77.7 Å². The summed E-state index contributed by atoms with van der Waals surface area (Å²) in [4.78, 5) is 29.5. The highest BCUT2D eigenvalue weighted by molar-refractivity contribution is 7.92. The van der Waals surface area contributed by atoms with Gasteiger partial charge < -0.3 is 19.7 Å². The molecule has 0 aliphatic heterocycles. The number of anilines is 1. The normalized spacial score (nSPS) is 14.4. The number of nitrogens with one attached hydrogen (secondary N) is 1. The summed E-state index contributed by atoms with van der Waals surface area (Å²) in [5, 5.41) is 3.69. The molecule has 1 N–H and O–H groups in total. The smallest absolute Gasteiger partial charge is 0.264 e. The number of carbonyl (C=O) groups excluding carboxylic acids is 2. The van der Waals surface area contributed by atoms with Gasteiger partial charge in [0, 0.05) is 23.7 Å². The molecule has 0 heterocycles. The van der Waals surface area contributed by atoms with Crippen LogP contribution in [0.4, 0.5) is 5.69 Å². The molecule has 2 amide bonds. The Morgan fingerprint density at radius 2 is 1.64 bits per heavy atom. The standard InChI is InChI=1S/C33H40ClN3O6S/c1-4-29(33(39)35-26-11-7-5-8-12-26)36(22-24-15-17-25(34)18-16-24)32(38)23-37(44(40,41)28-13-9-6-10-14-28)30-21-27(42-2)19-20-31(30)43-3/h6,9-10,13-21,26,29H,4-5,7-8,11-12,22-23H2,1-3H3,(H,35,39)/t29-/m0/s1. The zero-order valence-electron chi connectivity index (χ0n) is 25.4. The van der Waals surface area contributed by atoms with E-state index in [2.05, 4.69) is 5.32 Å². The SMILES string of the molecule is CC[C@@H](C(=O)NC1CCCCC1)N(Cc1ccc(Cl)cc1)C(=O)CN(c1cc(OC)ccc1OC)S(=O)(=O)c1ccccc1. The van der Waals surface area contributed by atoms with Crippen LogP contribution < -0.4 is 19.1 Å². The van der Waals surface area contributed by atoms with Crippen molar-refractivity contribution < 1.29 is 27.5 Å². The molecular weight excluding hydrogens is 602 g/mol. The second-order valence-electron chi connectivity index (χ2n) is 10.8. The van der Waals surface area contributed by atoms with E-state index in [1.807, 2.05) is 6.92 Å². The molecule has 0 unspecified atom stereocenters. The Bertz CT molecular complexity index is 1510. The van der Waals surface area contributed by atoms with E-state index in [1.165, 1.54) is 37.3 Å². The second-order valence-corrected chi connectivity index (χ2v) is 13.1. The van der Waals surface area contributed by atoms with Crippen LogP contribution >= 0.6 is 11.6 Å². The van der Waals surface area contributed by atoms with Gasteiger partial charge in [-0.05, 0) is 61.2 Å². The van der Waals surface area contributed by atoms with Gasteiger partial charge in [-0.2, -0.15) is 0 Å². The molecule has 3 aromatic carbocycles. The summed E-state index contributed by atoms with van der Waals surface area (Å²) in [6.45, 7) is 1.35. The van der Waals surface area contributed by atoms with Gasteiger partial charge in [0.1, 0.15) is 24.1 Å². The minimum atomic E-state index is -4.26. The third-order valence-electron chi connectivity index (χ3n) is 7.87. The first kappa shape index (κ1) is 33.1. The topological polar surface area (TPSA) is 105 Å². The number of rotatable bonds is 13. The summed E-state index contributed by atoms with van der Waals surface area (Å²) in [5.41, 5.74) is 0.887. The fourth-order valence-corrected chi connectivity index (χ4v) is 7.04. The van der Waals surface area contributed by atoms with E-state index in [9.17, 15) is 18.0 Å². The number of methoxy groups -OCH3 is 2. The van der Waals surface area contributed by atoms with E-state index in [-0.39, 0.29) is 34.8 Å². The first-order valence-electron chi connectivity index (χ1n) is 14.8. The van der Waals surface area contributed by atoms with Gasteiger partial charge in [-0.1, -0.05) is 68.1 Å². The van der Waals surface area contributed by atoms with Crippen molar-refractivity contribution in [2.24, 2.45) is 0 Å². The maximum atomic E-state index is 14.4. The number of ether oxygens (including phenoxy) is 2. The molecule has 1 fully saturated rings. The molecule has 236 valence electrons. The molecule has 0 saturated heterocycles. The van der Waals surface area contributed by atoms with Crippen molar-refractivity contribution in [3.63, 3.8) is 0 Å². The maximum Gasteiger partial charge on any atom is 0.264 e. The Balaban J connectivity index is 1.76. The highest BCUT2D eigenvalue weighted by Crippen LogP contribution is 2.36. The Kier molecular flexibility index (Phi) is 11.5. The first-order chi connectivity index (χ1) is 21.2. The van der Waals surface area contributed by atoms with E-state index in [0.29, 0.717) is 17.2 Å². The third-order valence-corrected chi connectivity index (χ3v) is 9.89. The monoisotopic (exact) mass is 641 g/mol. The third kappa shape index (κ3) is 8.04. The molecule has 0 bridgehead atoms. The number of carbonyl (C=O) groups is 2. The molecule has 44 heavy (non-hydrogen) atoms. The number of hydrogen-bond acceptors (Lipinski definition) is 6. The van der Waals surface area contributed by atoms with Crippen molar-refractivity contribution in [1.29, 1.82) is 0 Å². The predicted octanol–water partition coefficient (Wildman–Crippen LogP) is 5.81. The van der Waals surface area contributed by atoms with Gasteiger partial charge in [0.15, 0.2) is 0 Å². The van der Waals surface area contributed by atoms with Crippen LogP contribution in [0.1, 0.15) is 51.0 Å². The summed E-state index contributed by atoms with van der Waals surface area (Å²) in [7, 11) is -1.37. The molecule has 0 radical (unpaired) electrons. The van der Waals surface area contributed by atoms with E-state index >= 15 is 0 Å². The molecule has 0 spiro atoms. The van der Waals surface area contributed by atoms with Crippen LogP contribution in [0.3, 0.4) is 0 Å². The van der Waals surface area contributed by atoms with Crippen LogP contribution in [0.5, 0.6) is 11.5 Å². The lowest BCUT2D eigenvalue weighted by Gasteiger charge is -2.34. The first-order valence-corrected chi connectivity index (χ1v) is 16.6. The number of benzene rings is 3. The minimum absolute atomic E-state index is 0.00371. The van der Waals surface area contributed by atoms with Crippen molar-refractivity contribution in [3.8, 4) is 11.5 Å². The molecule has 1 aliphatic rings. The van der Waals surface area contributed by atoms with Crippen LogP contribution in [0, 0.1) is 0 Å². The largest absolute Gasteiger partial charge is 0.497 e. The lowest BCUT2D eigenvalue weighted by molar-refractivity contribution is -0.140. The molecule has 1 saturated carbocycles. The van der Waals surface area contributed by atoms with Gasteiger partial charge in [0.25, 0.3) is 10.0 Å². The zero-order chi connectivity index (χ0) is 31.7. The zero-order valence-corrected chi connectivity index (χ0v) is 26.9. The quantitative estimate of drug-likeness (QED) is 0.253. The lowest BCUT2D eigenvalue weighted by atomic mass is 9.95. The van der Waals surface area contributed by atoms with Gasteiger partial charge in [0.05, 0.1) is 24.8 Å². The molecule has 4 rings (SSSR count). The van der Waals surface area contributed by atoms with Gasteiger partial charge in [-0.15, -0.1) is 0 Å². The van der Waals surface area contributed by atoms with Gasteiger partial charge in [0.2, 0.25) is 11.8 Å². The van der Waals surface area contributed by atoms with Crippen molar-refractivity contribution in [2.75, 3.05) is 25.1 Å². The molecule has 11 heteroatoms. The number of nitrogens with zero attached hydrogens (tertiary/aromatic N) is 2. The fraction of sp³-hybridized carbons (Fsp3) is 0.394. The summed E-state index contributed by atoms with van der Waals surface area (Å²) in [6.07, 6.45) is 5.36. The van der Waals surface area contributed by atoms with Crippen LogP contribution in [-0.2, 0) is 26.2 Å². The Labute approximate surface area is 265 Å². The molecule has 3 aromatic rings. The highest BCUT2D eigenvalue weighted by atomic mass is 35.5. The van der Waals surface area contributed by atoms with Gasteiger partial charge >= 0.3 is 0 Å². The van der Waals surface area contributed by atoms with E-state index in [1.54, 1.807) is 54.6 Å². The Morgan fingerprint density at radius 3 is 2.25 bits per heavy atom. The summed E-state index contributed by atoms with van der Waals surface area (Å²) in [5.74, 6) is -0.171. The molecule has 1 aliphatic carbocycles. The molecular formula is C33H40ClN3O6S. The Morgan fingerprint density at radius 1 is 0.955 bits per heavy atom. The Hall–Kier alpha value is -3.76. The molecule has 9 nitrogen and oxygen atoms in total. The fourth-order valence-electron chi connectivity index (χ4n) is 5.47. The average Bonchev–Trinajstić information content (AvgIpc) is 3.04. The van der Waals surface area contributed by atoms with Gasteiger partial charge in [-0.3, -0.25) is 13.9 Å². The van der Waals surface area contributed by atoms with Crippen molar-refractivity contribution in [2.45, 2.75) is 69.0 Å². The highest BCUT2D eigenvalue weighted by Gasteiger charge is 2.35.